The molecule has 2 amide bonds. The molecule has 0 radical (unpaired) electrons. The van der Waals surface area contributed by atoms with Crippen molar-refractivity contribution >= 4 is 18.0 Å². The van der Waals surface area contributed by atoms with Gasteiger partial charge in [-0.25, -0.2) is 9.59 Å². The minimum Gasteiger partial charge on any atom is -0.445 e. The van der Waals surface area contributed by atoms with Crippen molar-refractivity contribution in [3.05, 3.63) is 35.9 Å². The van der Waals surface area contributed by atoms with Crippen molar-refractivity contribution < 1.29 is 23.9 Å². The van der Waals surface area contributed by atoms with Crippen LogP contribution in [0.2, 0.25) is 0 Å². The molecule has 170 valence electrons. The maximum absolute atomic E-state index is 13.5. The highest BCUT2D eigenvalue weighted by atomic mass is 16.6. The maximum Gasteiger partial charge on any atom is 0.410 e. The van der Waals surface area contributed by atoms with E-state index in [4.69, 9.17) is 9.47 Å². The fourth-order valence-electron chi connectivity index (χ4n) is 3.97. The number of amides is 2. The highest BCUT2D eigenvalue weighted by Crippen LogP contribution is 2.23. The van der Waals surface area contributed by atoms with Crippen molar-refractivity contribution in [2.45, 2.75) is 64.3 Å². The van der Waals surface area contributed by atoms with Crippen molar-refractivity contribution in [2.24, 2.45) is 0 Å². The monoisotopic (exact) mass is 431 g/mol. The van der Waals surface area contributed by atoms with Crippen LogP contribution in [0.4, 0.5) is 9.59 Å². The number of hydrogen-bond donors (Lipinski definition) is 1. The lowest BCUT2D eigenvalue weighted by Gasteiger charge is -2.40. The van der Waals surface area contributed by atoms with Crippen molar-refractivity contribution in [3.63, 3.8) is 0 Å². The summed E-state index contributed by atoms with van der Waals surface area (Å²) in [7, 11) is 0. The van der Waals surface area contributed by atoms with Crippen LogP contribution in [0.3, 0.4) is 0 Å². The van der Waals surface area contributed by atoms with E-state index < -0.39 is 29.9 Å². The van der Waals surface area contributed by atoms with Gasteiger partial charge in [-0.2, -0.15) is 0 Å². The Bertz CT molecular complexity index is 777. The summed E-state index contributed by atoms with van der Waals surface area (Å²) in [5.74, 6) is -0.144. The van der Waals surface area contributed by atoms with Crippen LogP contribution in [0.15, 0.2) is 30.3 Å². The van der Waals surface area contributed by atoms with E-state index in [1.807, 2.05) is 30.3 Å². The number of piperidine rings is 1. The number of likely N-dealkylation sites (tertiary alicyclic amines) is 1. The van der Waals surface area contributed by atoms with Gasteiger partial charge in [-0.1, -0.05) is 30.3 Å². The fourth-order valence-corrected chi connectivity index (χ4v) is 3.97. The molecule has 0 bridgehead atoms. The Morgan fingerprint density at radius 2 is 1.71 bits per heavy atom. The van der Waals surface area contributed by atoms with Gasteiger partial charge in [0, 0.05) is 26.2 Å². The molecule has 1 aromatic carbocycles. The Labute approximate surface area is 183 Å². The fraction of sp³-hybridized carbons (Fsp3) is 0.609. The molecule has 8 nitrogen and oxygen atoms in total. The van der Waals surface area contributed by atoms with E-state index in [0.29, 0.717) is 32.6 Å². The molecule has 0 aliphatic carbocycles. The number of Topliss-reactive ketones (excluding diaryl/α,β-unsaturated/α-hetero) is 1. The topological polar surface area (TPSA) is 88.2 Å². The van der Waals surface area contributed by atoms with Crippen LogP contribution in [0.5, 0.6) is 0 Å². The molecule has 3 rings (SSSR count). The molecule has 0 spiro atoms. The Morgan fingerprint density at radius 1 is 1.00 bits per heavy atom. The highest BCUT2D eigenvalue weighted by molar-refractivity contribution is 5.94. The predicted molar refractivity (Wildman–Crippen MR) is 116 cm³/mol. The summed E-state index contributed by atoms with van der Waals surface area (Å²) >= 11 is 0. The normalized spacial score (nSPS) is 22.0. The van der Waals surface area contributed by atoms with Crippen LogP contribution in [0.25, 0.3) is 0 Å². The number of hydrogen-bond acceptors (Lipinski definition) is 6. The Balaban J connectivity index is 1.69. The number of piperazine rings is 1. The number of nitrogens with zero attached hydrogens (tertiary/aromatic N) is 2. The molecule has 1 N–H and O–H groups in total. The Hall–Kier alpha value is -2.61. The molecule has 0 aromatic heterocycles. The van der Waals surface area contributed by atoms with Gasteiger partial charge in [0.25, 0.3) is 0 Å². The van der Waals surface area contributed by atoms with E-state index in [-0.39, 0.29) is 12.4 Å². The van der Waals surface area contributed by atoms with Gasteiger partial charge in [-0.3, -0.25) is 14.6 Å². The van der Waals surface area contributed by atoms with E-state index in [1.165, 1.54) is 9.80 Å². The number of ketones is 1. The molecule has 8 heteroatoms. The Morgan fingerprint density at radius 3 is 2.42 bits per heavy atom. The summed E-state index contributed by atoms with van der Waals surface area (Å²) in [5, 5.41) is 3.19. The lowest BCUT2D eigenvalue weighted by molar-refractivity contribution is -0.131. The van der Waals surface area contributed by atoms with Gasteiger partial charge >= 0.3 is 12.2 Å². The average Bonchev–Trinajstić information content (AvgIpc) is 2.76. The lowest BCUT2D eigenvalue weighted by Crippen LogP contribution is -2.62. The molecule has 0 saturated carbocycles. The van der Waals surface area contributed by atoms with Crippen LogP contribution < -0.4 is 5.32 Å². The lowest BCUT2D eigenvalue weighted by atomic mass is 9.93. The van der Waals surface area contributed by atoms with Crippen molar-refractivity contribution in [3.8, 4) is 0 Å². The summed E-state index contributed by atoms with van der Waals surface area (Å²) in [4.78, 5) is 42.0. The minimum atomic E-state index is -0.670. The van der Waals surface area contributed by atoms with Crippen molar-refractivity contribution in [1.82, 2.24) is 15.1 Å². The van der Waals surface area contributed by atoms with Crippen LogP contribution in [-0.2, 0) is 20.9 Å². The minimum absolute atomic E-state index is 0.144. The number of nitrogens with one attached hydrogen (secondary N) is 1. The number of benzene rings is 1. The Kier molecular flexibility index (Phi) is 7.54. The first-order chi connectivity index (χ1) is 14.8. The number of carbonyl (C=O) groups is 3. The van der Waals surface area contributed by atoms with Gasteiger partial charge in [-0.05, 0) is 45.6 Å². The summed E-state index contributed by atoms with van der Waals surface area (Å²) in [6.45, 7) is 7.36. The van der Waals surface area contributed by atoms with Gasteiger partial charge in [0.2, 0.25) is 0 Å². The SMILES string of the molecule is CC(C)(C)OC(=O)N1CCNCC1C(=O)C1CCCCN1C(=O)OCc1ccccc1. The van der Waals surface area contributed by atoms with E-state index in [1.54, 1.807) is 20.8 Å². The predicted octanol–water partition coefficient (Wildman–Crippen LogP) is 2.96. The molecule has 2 atom stereocenters. The molecule has 1 aromatic rings. The summed E-state index contributed by atoms with van der Waals surface area (Å²) in [6.07, 6.45) is 1.25. The largest absolute Gasteiger partial charge is 0.445 e. The summed E-state index contributed by atoms with van der Waals surface area (Å²) in [5.41, 5.74) is 0.247. The van der Waals surface area contributed by atoms with E-state index >= 15 is 0 Å². The molecule has 31 heavy (non-hydrogen) atoms. The highest BCUT2D eigenvalue weighted by Gasteiger charge is 2.42. The zero-order valence-electron chi connectivity index (χ0n) is 18.6. The number of rotatable bonds is 4. The van der Waals surface area contributed by atoms with Gasteiger partial charge in [0.05, 0.1) is 6.04 Å². The first-order valence-electron chi connectivity index (χ1n) is 11.0. The third-order valence-corrected chi connectivity index (χ3v) is 5.47. The van der Waals surface area contributed by atoms with Crippen molar-refractivity contribution in [2.75, 3.05) is 26.2 Å². The second-order valence-electron chi connectivity index (χ2n) is 9.04. The van der Waals surface area contributed by atoms with Gasteiger partial charge in [0.15, 0.2) is 5.78 Å². The van der Waals surface area contributed by atoms with Gasteiger partial charge in [0.1, 0.15) is 18.2 Å². The van der Waals surface area contributed by atoms with E-state index in [9.17, 15) is 14.4 Å². The van der Waals surface area contributed by atoms with Crippen LogP contribution in [-0.4, -0.2) is 71.6 Å². The molecule has 2 aliphatic rings. The molecule has 2 aliphatic heterocycles. The molecule has 2 heterocycles. The molecular formula is C23H33N3O5. The average molecular weight is 432 g/mol. The molecule has 2 fully saturated rings. The smallest absolute Gasteiger partial charge is 0.410 e. The van der Waals surface area contributed by atoms with Crippen LogP contribution in [0.1, 0.15) is 45.6 Å². The van der Waals surface area contributed by atoms with Gasteiger partial charge in [-0.15, -0.1) is 0 Å². The van der Waals surface area contributed by atoms with Crippen molar-refractivity contribution in [1.29, 1.82) is 0 Å². The van der Waals surface area contributed by atoms with Crippen LogP contribution >= 0.6 is 0 Å². The second-order valence-corrected chi connectivity index (χ2v) is 9.04. The quantitative estimate of drug-likeness (QED) is 0.789. The maximum atomic E-state index is 13.5. The van der Waals surface area contributed by atoms with E-state index in [0.717, 1.165) is 18.4 Å². The zero-order chi connectivity index (χ0) is 22.4. The first kappa shape index (κ1) is 23.1. The standard InChI is InChI=1S/C23H33N3O5/c1-23(2,3)31-22(29)26-14-12-24-15-19(26)20(27)18-11-7-8-13-25(18)21(28)30-16-17-9-5-4-6-10-17/h4-6,9-10,18-19,24H,7-8,11-16H2,1-3H3. The molecule has 2 saturated heterocycles. The number of ether oxygens (including phenoxy) is 2. The van der Waals surface area contributed by atoms with Crippen LogP contribution in [0, 0.1) is 0 Å². The first-order valence-corrected chi connectivity index (χ1v) is 11.0. The second kappa shape index (κ2) is 10.1. The van der Waals surface area contributed by atoms with E-state index in [2.05, 4.69) is 5.32 Å². The summed E-state index contributed by atoms with van der Waals surface area (Å²) < 4.78 is 11.0. The third kappa shape index (κ3) is 6.19. The number of carbonyl (C=O) groups excluding carboxylic acids is 3. The zero-order valence-corrected chi connectivity index (χ0v) is 18.6. The van der Waals surface area contributed by atoms with Gasteiger partial charge < -0.3 is 14.8 Å². The molecular weight excluding hydrogens is 398 g/mol. The molecule has 2 unspecified atom stereocenters. The summed E-state index contributed by atoms with van der Waals surface area (Å²) in [6, 6.07) is 8.18. The third-order valence-electron chi connectivity index (χ3n) is 5.47.